The molecule has 0 spiro atoms. The maximum absolute atomic E-state index is 13.3. The highest BCUT2D eigenvalue weighted by Crippen LogP contribution is 2.23. The minimum Gasteiger partial charge on any atom is -0.272 e. The minimum atomic E-state index is -3.99. The summed E-state index contributed by atoms with van der Waals surface area (Å²) in [7, 11) is -3.99. The first-order valence-corrected chi connectivity index (χ1v) is 12.3. The molecule has 0 aliphatic heterocycles. The van der Waals surface area contributed by atoms with Crippen LogP contribution in [0.15, 0.2) is 76.7 Å². The number of amides is 1. The highest BCUT2D eigenvalue weighted by atomic mass is 35.5. The summed E-state index contributed by atoms with van der Waals surface area (Å²) in [6, 6.07) is 18.1. The molecule has 0 unspecified atom stereocenters. The van der Waals surface area contributed by atoms with Crippen LogP contribution in [0.25, 0.3) is 0 Å². The number of sulfonamides is 1. The Balaban J connectivity index is 1.80. The van der Waals surface area contributed by atoms with E-state index in [1.54, 1.807) is 54.6 Å². The molecule has 3 aromatic rings. The van der Waals surface area contributed by atoms with Crippen molar-refractivity contribution in [2.45, 2.75) is 18.4 Å². The molecule has 3 rings (SSSR count). The monoisotopic (exact) mass is 523 g/mol. The molecule has 0 aromatic heterocycles. The van der Waals surface area contributed by atoms with Crippen molar-refractivity contribution in [1.29, 1.82) is 0 Å². The molecule has 1 N–H and O–H groups in total. The molecule has 33 heavy (non-hydrogen) atoms. The van der Waals surface area contributed by atoms with E-state index >= 15 is 0 Å². The van der Waals surface area contributed by atoms with Gasteiger partial charge in [0.2, 0.25) is 10.0 Å². The largest absolute Gasteiger partial charge is 0.272 e. The third-order valence-corrected chi connectivity index (χ3v) is 7.54. The fourth-order valence-corrected chi connectivity index (χ4v) is 4.75. The quantitative estimate of drug-likeness (QED) is 0.321. The van der Waals surface area contributed by atoms with Gasteiger partial charge in [0.25, 0.3) is 5.91 Å². The smallest absolute Gasteiger partial charge is 0.255 e. The molecular weight excluding hydrogens is 505 g/mol. The first kappa shape index (κ1) is 25.2. The molecule has 0 aliphatic rings. The van der Waals surface area contributed by atoms with Crippen LogP contribution in [0.1, 0.15) is 16.7 Å². The van der Waals surface area contributed by atoms with Crippen LogP contribution < -0.4 is 5.43 Å². The predicted molar refractivity (Wildman–Crippen MR) is 132 cm³/mol. The van der Waals surface area contributed by atoms with E-state index in [2.05, 4.69) is 10.5 Å². The van der Waals surface area contributed by atoms with E-state index in [4.69, 9.17) is 34.8 Å². The standard InChI is InChI=1S/C23H20Cl3N3O3S/c1-16-6-9-19(10-7-16)33(31,32)29(14-18-4-2-3-5-20(18)24)15-23(30)28-27-13-17-8-11-21(25)22(26)12-17/h2-13H,14-15H2,1H3,(H,28,30)/b27-13-. The van der Waals surface area contributed by atoms with Crippen molar-refractivity contribution in [3.05, 3.63) is 98.5 Å². The van der Waals surface area contributed by atoms with Crippen molar-refractivity contribution < 1.29 is 13.2 Å². The summed E-state index contributed by atoms with van der Waals surface area (Å²) in [5.41, 5.74) is 4.45. The van der Waals surface area contributed by atoms with Crippen molar-refractivity contribution in [1.82, 2.24) is 9.73 Å². The lowest BCUT2D eigenvalue weighted by Gasteiger charge is -2.22. The van der Waals surface area contributed by atoms with Crippen molar-refractivity contribution in [2.75, 3.05) is 6.54 Å². The summed E-state index contributed by atoms with van der Waals surface area (Å²) in [5, 5.41) is 5.03. The molecule has 0 saturated heterocycles. The average molecular weight is 525 g/mol. The number of benzene rings is 3. The predicted octanol–water partition coefficient (Wildman–Crippen LogP) is 5.30. The number of nitrogens with zero attached hydrogens (tertiary/aromatic N) is 2. The zero-order valence-electron chi connectivity index (χ0n) is 17.5. The van der Waals surface area contributed by atoms with Crippen LogP contribution >= 0.6 is 34.8 Å². The second kappa shape index (κ2) is 11.1. The molecule has 3 aromatic carbocycles. The van der Waals surface area contributed by atoms with Crippen LogP contribution in [-0.4, -0.2) is 31.4 Å². The number of hydrazone groups is 1. The summed E-state index contributed by atoms with van der Waals surface area (Å²) in [6.45, 7) is 1.32. The van der Waals surface area contributed by atoms with Gasteiger partial charge >= 0.3 is 0 Å². The number of nitrogens with one attached hydrogen (secondary N) is 1. The van der Waals surface area contributed by atoms with E-state index in [0.717, 1.165) is 9.87 Å². The Labute approximate surface area is 207 Å². The van der Waals surface area contributed by atoms with Gasteiger partial charge in [-0.15, -0.1) is 0 Å². The number of carbonyl (C=O) groups excluding carboxylic acids is 1. The van der Waals surface area contributed by atoms with Crippen molar-refractivity contribution in [3.63, 3.8) is 0 Å². The number of aryl methyl sites for hydroxylation is 1. The van der Waals surface area contributed by atoms with Gasteiger partial charge in [-0.25, -0.2) is 13.8 Å². The Bertz CT molecular complexity index is 1280. The van der Waals surface area contributed by atoms with E-state index in [1.165, 1.54) is 18.3 Å². The Hall–Kier alpha value is -2.42. The Morgan fingerprint density at radius 1 is 0.970 bits per heavy atom. The molecule has 0 atom stereocenters. The van der Waals surface area contributed by atoms with Gasteiger partial charge in [-0.05, 0) is 48.4 Å². The minimum absolute atomic E-state index is 0.0762. The van der Waals surface area contributed by atoms with Gasteiger partial charge in [0, 0.05) is 11.6 Å². The molecule has 0 heterocycles. The second-order valence-electron chi connectivity index (χ2n) is 7.14. The zero-order chi connectivity index (χ0) is 24.0. The van der Waals surface area contributed by atoms with Gasteiger partial charge in [-0.3, -0.25) is 4.79 Å². The summed E-state index contributed by atoms with van der Waals surface area (Å²) >= 11 is 18.1. The van der Waals surface area contributed by atoms with Gasteiger partial charge in [-0.2, -0.15) is 9.41 Å². The molecule has 172 valence electrons. The second-order valence-corrected chi connectivity index (χ2v) is 10.3. The molecule has 0 bridgehead atoms. The summed E-state index contributed by atoms with van der Waals surface area (Å²) in [4.78, 5) is 12.6. The average Bonchev–Trinajstić information content (AvgIpc) is 2.77. The maximum Gasteiger partial charge on any atom is 0.255 e. The van der Waals surface area contributed by atoms with Crippen LogP contribution in [0, 0.1) is 6.92 Å². The van der Waals surface area contributed by atoms with Gasteiger partial charge in [0.1, 0.15) is 0 Å². The van der Waals surface area contributed by atoms with Crippen LogP contribution in [0.5, 0.6) is 0 Å². The maximum atomic E-state index is 13.3. The van der Waals surface area contributed by atoms with E-state index in [0.29, 0.717) is 26.2 Å². The summed E-state index contributed by atoms with van der Waals surface area (Å²) < 4.78 is 27.7. The fraction of sp³-hybridized carbons (Fsp3) is 0.130. The highest BCUT2D eigenvalue weighted by molar-refractivity contribution is 7.89. The molecular formula is C23H20Cl3N3O3S. The number of hydrogen-bond donors (Lipinski definition) is 1. The third kappa shape index (κ3) is 6.79. The Morgan fingerprint density at radius 3 is 2.33 bits per heavy atom. The summed E-state index contributed by atoms with van der Waals surface area (Å²) in [5.74, 6) is -0.617. The van der Waals surface area contributed by atoms with Gasteiger partial charge in [-0.1, -0.05) is 76.8 Å². The lowest BCUT2D eigenvalue weighted by atomic mass is 10.2. The van der Waals surface area contributed by atoms with Crippen LogP contribution in [0.4, 0.5) is 0 Å². The summed E-state index contributed by atoms with van der Waals surface area (Å²) in [6.07, 6.45) is 1.38. The van der Waals surface area contributed by atoms with E-state index < -0.39 is 22.5 Å². The van der Waals surface area contributed by atoms with E-state index in [-0.39, 0.29) is 11.4 Å². The van der Waals surface area contributed by atoms with Gasteiger partial charge in [0.05, 0.1) is 27.7 Å². The number of hydrogen-bond acceptors (Lipinski definition) is 4. The highest BCUT2D eigenvalue weighted by Gasteiger charge is 2.27. The molecule has 0 fully saturated rings. The van der Waals surface area contributed by atoms with Crippen molar-refractivity contribution in [2.24, 2.45) is 5.10 Å². The first-order chi connectivity index (χ1) is 15.7. The normalized spacial score (nSPS) is 11.8. The number of halogens is 3. The SMILES string of the molecule is Cc1ccc(S(=O)(=O)N(CC(=O)N/N=C\c2ccc(Cl)c(Cl)c2)Cc2ccccc2Cl)cc1. The topological polar surface area (TPSA) is 78.8 Å². The molecule has 0 radical (unpaired) electrons. The third-order valence-electron chi connectivity index (χ3n) is 4.63. The van der Waals surface area contributed by atoms with Crippen molar-refractivity contribution in [3.8, 4) is 0 Å². The van der Waals surface area contributed by atoms with E-state index in [9.17, 15) is 13.2 Å². The molecule has 1 amide bonds. The van der Waals surface area contributed by atoms with Crippen LogP contribution in [0.3, 0.4) is 0 Å². The number of carbonyl (C=O) groups is 1. The molecule has 6 nitrogen and oxygen atoms in total. The van der Waals surface area contributed by atoms with Crippen LogP contribution in [0.2, 0.25) is 15.1 Å². The first-order valence-electron chi connectivity index (χ1n) is 9.74. The van der Waals surface area contributed by atoms with Gasteiger partial charge < -0.3 is 0 Å². The Morgan fingerprint density at radius 2 is 1.67 bits per heavy atom. The van der Waals surface area contributed by atoms with E-state index in [1.807, 2.05) is 6.92 Å². The molecule has 0 saturated carbocycles. The number of rotatable bonds is 8. The molecule has 0 aliphatic carbocycles. The van der Waals surface area contributed by atoms with Crippen LogP contribution in [-0.2, 0) is 21.4 Å². The van der Waals surface area contributed by atoms with Crippen molar-refractivity contribution >= 4 is 56.9 Å². The lowest BCUT2D eigenvalue weighted by Crippen LogP contribution is -2.39. The fourth-order valence-electron chi connectivity index (χ4n) is 2.87. The lowest BCUT2D eigenvalue weighted by molar-refractivity contribution is -0.121. The molecule has 10 heteroatoms. The van der Waals surface area contributed by atoms with Gasteiger partial charge in [0.15, 0.2) is 0 Å². The Kier molecular flexibility index (Phi) is 8.51. The zero-order valence-corrected chi connectivity index (χ0v) is 20.6.